The molecule has 5 heteroatoms. The highest BCUT2D eigenvalue weighted by molar-refractivity contribution is 8.00. The summed E-state index contributed by atoms with van der Waals surface area (Å²) in [6.07, 6.45) is 0. The smallest absolute Gasteiger partial charge is 0.240 e. The van der Waals surface area contributed by atoms with Gasteiger partial charge in [-0.05, 0) is 42.0 Å². The molecule has 0 saturated carbocycles. The van der Waals surface area contributed by atoms with Crippen molar-refractivity contribution in [3.05, 3.63) is 95.5 Å². The zero-order valence-corrected chi connectivity index (χ0v) is 17.6. The van der Waals surface area contributed by atoms with Gasteiger partial charge in [0.05, 0.1) is 0 Å². The van der Waals surface area contributed by atoms with Crippen molar-refractivity contribution in [1.82, 2.24) is 4.90 Å². The highest BCUT2D eigenvalue weighted by atomic mass is 35.5. The van der Waals surface area contributed by atoms with Crippen LogP contribution in [0.5, 0.6) is 0 Å². The number of anilines is 1. The quantitative estimate of drug-likeness (QED) is 0.505. The number of halogens is 1. The molecule has 0 aromatic heterocycles. The van der Waals surface area contributed by atoms with E-state index in [1.807, 2.05) is 77.7 Å². The maximum absolute atomic E-state index is 13.5. The molecular weight excluding hydrogens is 400 g/mol. The van der Waals surface area contributed by atoms with E-state index < -0.39 is 0 Å². The van der Waals surface area contributed by atoms with Gasteiger partial charge in [-0.3, -0.25) is 4.79 Å². The van der Waals surface area contributed by atoms with Crippen molar-refractivity contribution >= 4 is 35.0 Å². The van der Waals surface area contributed by atoms with Crippen molar-refractivity contribution in [1.29, 1.82) is 0 Å². The largest absolute Gasteiger partial charge is 0.368 e. The molecule has 1 aliphatic rings. The molecule has 1 amide bonds. The Morgan fingerprint density at radius 2 is 1.38 bits per heavy atom. The molecule has 3 nitrogen and oxygen atoms in total. The van der Waals surface area contributed by atoms with Gasteiger partial charge in [-0.25, -0.2) is 0 Å². The third kappa shape index (κ3) is 4.95. The second-order valence-corrected chi connectivity index (χ2v) is 8.63. The number of hydrogen-bond acceptors (Lipinski definition) is 3. The first kappa shape index (κ1) is 19.9. The van der Waals surface area contributed by atoms with Crippen LogP contribution in [0.3, 0.4) is 0 Å². The predicted molar refractivity (Wildman–Crippen MR) is 122 cm³/mol. The Kier molecular flexibility index (Phi) is 6.43. The molecule has 1 saturated heterocycles. The van der Waals surface area contributed by atoms with Gasteiger partial charge in [0, 0.05) is 41.8 Å². The van der Waals surface area contributed by atoms with Gasteiger partial charge in [0.2, 0.25) is 5.91 Å². The third-order valence-electron chi connectivity index (χ3n) is 5.11. The Bertz CT molecular complexity index is 926. The number of thioether (sulfide) groups is 1. The minimum absolute atomic E-state index is 0.181. The highest BCUT2D eigenvalue weighted by Crippen LogP contribution is 2.37. The first-order chi connectivity index (χ1) is 14.2. The molecule has 0 unspecified atom stereocenters. The third-order valence-corrected chi connectivity index (χ3v) is 6.61. The molecule has 29 heavy (non-hydrogen) atoms. The Morgan fingerprint density at radius 1 is 0.793 bits per heavy atom. The first-order valence-electron chi connectivity index (χ1n) is 9.77. The van der Waals surface area contributed by atoms with Gasteiger partial charge >= 0.3 is 0 Å². The Balaban J connectivity index is 1.47. The van der Waals surface area contributed by atoms with Gasteiger partial charge < -0.3 is 9.80 Å². The second kappa shape index (κ2) is 9.38. The molecule has 0 radical (unpaired) electrons. The minimum Gasteiger partial charge on any atom is -0.368 e. The number of piperazine rings is 1. The minimum atomic E-state index is -0.235. The molecule has 148 valence electrons. The van der Waals surface area contributed by atoms with Crippen LogP contribution in [-0.2, 0) is 4.79 Å². The predicted octanol–water partition coefficient (Wildman–Crippen LogP) is 5.52. The fourth-order valence-electron chi connectivity index (χ4n) is 3.53. The molecule has 1 atom stereocenters. The number of benzene rings is 3. The van der Waals surface area contributed by atoms with E-state index in [0.717, 1.165) is 47.3 Å². The van der Waals surface area contributed by atoms with Gasteiger partial charge in [-0.1, -0.05) is 60.1 Å². The van der Waals surface area contributed by atoms with Crippen molar-refractivity contribution in [3.8, 4) is 0 Å². The van der Waals surface area contributed by atoms with Crippen LogP contribution in [0.2, 0.25) is 5.02 Å². The Labute approximate surface area is 181 Å². The molecule has 1 heterocycles. The Hall–Kier alpha value is -2.43. The number of hydrogen-bond donors (Lipinski definition) is 0. The molecule has 0 N–H and O–H groups in total. The lowest BCUT2D eigenvalue weighted by Crippen LogP contribution is -2.49. The van der Waals surface area contributed by atoms with E-state index in [2.05, 4.69) is 17.0 Å². The van der Waals surface area contributed by atoms with E-state index in [1.54, 1.807) is 11.8 Å². The lowest BCUT2D eigenvalue weighted by molar-refractivity contribution is -0.131. The summed E-state index contributed by atoms with van der Waals surface area (Å²) in [6, 6.07) is 28.1. The van der Waals surface area contributed by atoms with Gasteiger partial charge in [0.15, 0.2) is 0 Å². The number of carbonyl (C=O) groups excluding carboxylic acids is 1. The summed E-state index contributed by atoms with van der Waals surface area (Å²) in [5.74, 6) is 0.181. The van der Waals surface area contributed by atoms with Crippen LogP contribution in [0.25, 0.3) is 0 Å². The van der Waals surface area contributed by atoms with Gasteiger partial charge in [-0.2, -0.15) is 0 Å². The van der Waals surface area contributed by atoms with E-state index in [9.17, 15) is 4.79 Å². The number of carbonyl (C=O) groups is 1. The van der Waals surface area contributed by atoms with Crippen LogP contribution in [0.1, 0.15) is 10.8 Å². The van der Waals surface area contributed by atoms with E-state index in [4.69, 9.17) is 11.6 Å². The molecule has 0 bridgehead atoms. The highest BCUT2D eigenvalue weighted by Gasteiger charge is 2.29. The van der Waals surface area contributed by atoms with Crippen molar-refractivity contribution < 1.29 is 4.79 Å². The van der Waals surface area contributed by atoms with Crippen molar-refractivity contribution in [2.75, 3.05) is 31.1 Å². The van der Waals surface area contributed by atoms with Crippen LogP contribution >= 0.6 is 23.4 Å². The van der Waals surface area contributed by atoms with Gasteiger partial charge in [-0.15, -0.1) is 11.8 Å². The van der Waals surface area contributed by atoms with Gasteiger partial charge in [0.25, 0.3) is 0 Å². The van der Waals surface area contributed by atoms with Crippen molar-refractivity contribution in [2.24, 2.45) is 0 Å². The van der Waals surface area contributed by atoms with Crippen LogP contribution < -0.4 is 4.90 Å². The maximum Gasteiger partial charge on any atom is 0.240 e. The summed E-state index contributed by atoms with van der Waals surface area (Å²) < 4.78 is 0. The average Bonchev–Trinajstić information content (AvgIpc) is 2.79. The first-order valence-corrected chi connectivity index (χ1v) is 11.0. The fraction of sp³-hybridized carbons (Fsp3) is 0.208. The monoisotopic (exact) mass is 422 g/mol. The van der Waals surface area contributed by atoms with E-state index in [1.165, 1.54) is 0 Å². The van der Waals surface area contributed by atoms with E-state index in [-0.39, 0.29) is 11.2 Å². The van der Waals surface area contributed by atoms with Crippen LogP contribution in [0.15, 0.2) is 89.8 Å². The van der Waals surface area contributed by atoms with E-state index in [0.29, 0.717) is 0 Å². The summed E-state index contributed by atoms with van der Waals surface area (Å²) in [5, 5.41) is 0.506. The molecule has 4 rings (SSSR count). The zero-order chi connectivity index (χ0) is 20.1. The molecule has 1 fully saturated rings. The second-order valence-electron chi connectivity index (χ2n) is 7.01. The summed E-state index contributed by atoms with van der Waals surface area (Å²) in [4.78, 5) is 18.9. The average molecular weight is 423 g/mol. The van der Waals surface area contributed by atoms with Gasteiger partial charge in [0.1, 0.15) is 5.25 Å². The fourth-order valence-corrected chi connectivity index (χ4v) is 4.78. The molecule has 3 aromatic carbocycles. The number of rotatable bonds is 5. The number of amides is 1. The van der Waals surface area contributed by atoms with E-state index >= 15 is 0 Å². The summed E-state index contributed by atoms with van der Waals surface area (Å²) in [6.45, 7) is 3.09. The van der Waals surface area contributed by atoms with Crippen molar-refractivity contribution in [3.63, 3.8) is 0 Å². The van der Waals surface area contributed by atoms with Crippen LogP contribution in [0, 0.1) is 0 Å². The maximum atomic E-state index is 13.5. The standard InChI is InChI=1S/C24H23ClN2OS/c25-20-11-13-21(14-12-20)26-15-17-27(18-16-26)24(28)23(19-7-3-1-4-8-19)29-22-9-5-2-6-10-22/h1-14,23H,15-18H2/t23-/m0/s1. The zero-order valence-electron chi connectivity index (χ0n) is 16.1. The molecule has 0 aliphatic carbocycles. The molecule has 0 spiro atoms. The summed E-state index contributed by atoms with van der Waals surface area (Å²) >= 11 is 7.62. The SMILES string of the molecule is O=C([C@@H](Sc1ccccc1)c1ccccc1)N1CCN(c2ccc(Cl)cc2)CC1. The number of nitrogens with zero attached hydrogens (tertiary/aromatic N) is 2. The molecule has 3 aromatic rings. The Morgan fingerprint density at radius 3 is 2.00 bits per heavy atom. The molecular formula is C24H23ClN2OS. The summed E-state index contributed by atoms with van der Waals surface area (Å²) in [5.41, 5.74) is 2.20. The normalized spacial score (nSPS) is 15.2. The van der Waals surface area contributed by atoms with Crippen LogP contribution in [0.4, 0.5) is 5.69 Å². The van der Waals surface area contributed by atoms with Crippen molar-refractivity contribution in [2.45, 2.75) is 10.1 Å². The molecule has 1 aliphatic heterocycles. The van der Waals surface area contributed by atoms with Crippen LogP contribution in [-0.4, -0.2) is 37.0 Å². The lowest BCUT2D eigenvalue weighted by atomic mass is 10.1. The lowest BCUT2D eigenvalue weighted by Gasteiger charge is -2.37. The topological polar surface area (TPSA) is 23.6 Å². The summed E-state index contributed by atoms with van der Waals surface area (Å²) in [7, 11) is 0.